The summed E-state index contributed by atoms with van der Waals surface area (Å²) in [7, 11) is 0. The normalized spacial score (nSPS) is 11.1. The SMILES string of the molecule is Cc1nccc(Nc2nc(-c3nn(Cc4c(F)cc(OCCO)cc4F)c4ccccc34)ncc2O)n1. The number of aromatic nitrogens is 6. The van der Waals surface area contributed by atoms with Crippen molar-refractivity contribution < 1.29 is 23.7 Å². The van der Waals surface area contributed by atoms with Gasteiger partial charge in [0.2, 0.25) is 0 Å². The molecule has 5 aromatic rings. The van der Waals surface area contributed by atoms with Crippen molar-refractivity contribution in [1.82, 2.24) is 29.7 Å². The summed E-state index contributed by atoms with van der Waals surface area (Å²) in [5.41, 5.74) is 0.764. The largest absolute Gasteiger partial charge is 0.503 e. The molecule has 0 fully saturated rings. The number of aromatic hydroxyl groups is 1. The van der Waals surface area contributed by atoms with Crippen molar-refractivity contribution in [3.05, 3.63) is 77.9 Å². The Labute approximate surface area is 209 Å². The Morgan fingerprint density at radius 1 is 1.05 bits per heavy atom. The molecule has 0 aliphatic heterocycles. The molecular formula is C25H21F2N7O3. The molecule has 0 saturated heterocycles. The molecule has 0 bridgehead atoms. The van der Waals surface area contributed by atoms with Gasteiger partial charge in [0.25, 0.3) is 0 Å². The highest BCUT2D eigenvalue weighted by Gasteiger charge is 2.19. The average molecular weight is 505 g/mol. The van der Waals surface area contributed by atoms with Gasteiger partial charge in [-0.3, -0.25) is 4.68 Å². The van der Waals surface area contributed by atoms with Crippen molar-refractivity contribution in [2.45, 2.75) is 13.5 Å². The lowest BCUT2D eigenvalue weighted by Crippen LogP contribution is -2.08. The van der Waals surface area contributed by atoms with Crippen LogP contribution in [0.2, 0.25) is 0 Å². The molecule has 37 heavy (non-hydrogen) atoms. The van der Waals surface area contributed by atoms with Crippen LogP contribution in [0.3, 0.4) is 0 Å². The molecule has 0 atom stereocenters. The van der Waals surface area contributed by atoms with Gasteiger partial charge in [-0.1, -0.05) is 18.2 Å². The van der Waals surface area contributed by atoms with Crippen LogP contribution in [-0.4, -0.2) is 53.1 Å². The van der Waals surface area contributed by atoms with Crippen molar-refractivity contribution in [1.29, 1.82) is 0 Å². The third-order valence-corrected chi connectivity index (χ3v) is 5.44. The van der Waals surface area contributed by atoms with E-state index in [0.717, 1.165) is 12.1 Å². The lowest BCUT2D eigenvalue weighted by atomic mass is 10.1. The van der Waals surface area contributed by atoms with Crippen LogP contribution in [-0.2, 0) is 6.54 Å². The van der Waals surface area contributed by atoms with Crippen LogP contribution in [0, 0.1) is 18.6 Å². The molecule has 12 heteroatoms. The van der Waals surface area contributed by atoms with Crippen LogP contribution in [0.1, 0.15) is 11.4 Å². The smallest absolute Gasteiger partial charge is 0.183 e. The van der Waals surface area contributed by atoms with E-state index in [2.05, 4.69) is 30.4 Å². The minimum absolute atomic E-state index is 0.0183. The Hall–Kier alpha value is -4.71. The van der Waals surface area contributed by atoms with Crippen molar-refractivity contribution in [3.8, 4) is 23.0 Å². The van der Waals surface area contributed by atoms with Crippen LogP contribution in [0.15, 0.2) is 54.9 Å². The molecule has 3 N–H and O–H groups in total. The lowest BCUT2D eigenvalue weighted by molar-refractivity contribution is 0.200. The van der Waals surface area contributed by atoms with Gasteiger partial charge in [0.15, 0.2) is 17.4 Å². The van der Waals surface area contributed by atoms with Crippen molar-refractivity contribution in [2.24, 2.45) is 0 Å². The summed E-state index contributed by atoms with van der Waals surface area (Å²) >= 11 is 0. The summed E-state index contributed by atoms with van der Waals surface area (Å²) in [4.78, 5) is 16.9. The number of nitrogens with one attached hydrogen (secondary N) is 1. The zero-order valence-electron chi connectivity index (χ0n) is 19.6. The number of ether oxygens (including phenoxy) is 1. The fourth-order valence-corrected chi connectivity index (χ4v) is 3.77. The predicted octanol–water partition coefficient (Wildman–Crippen LogP) is 3.74. The monoisotopic (exact) mass is 505 g/mol. The number of aliphatic hydroxyl groups excluding tert-OH is 1. The highest BCUT2D eigenvalue weighted by atomic mass is 19.1. The molecule has 5 rings (SSSR count). The Bertz CT molecular complexity index is 1570. The first-order valence-electron chi connectivity index (χ1n) is 11.2. The number of para-hydroxylation sites is 1. The fourth-order valence-electron chi connectivity index (χ4n) is 3.77. The quantitative estimate of drug-likeness (QED) is 0.289. The Balaban J connectivity index is 1.52. The summed E-state index contributed by atoms with van der Waals surface area (Å²) in [5.74, 6) is -0.557. The van der Waals surface area contributed by atoms with Gasteiger partial charge in [0, 0.05) is 29.3 Å². The van der Waals surface area contributed by atoms with Gasteiger partial charge in [-0.2, -0.15) is 5.10 Å². The maximum Gasteiger partial charge on any atom is 0.183 e. The molecule has 188 valence electrons. The van der Waals surface area contributed by atoms with Gasteiger partial charge >= 0.3 is 0 Å². The third kappa shape index (κ3) is 5.00. The highest BCUT2D eigenvalue weighted by Crippen LogP contribution is 2.31. The van der Waals surface area contributed by atoms with E-state index in [1.165, 1.54) is 10.9 Å². The first kappa shape index (κ1) is 24.0. The molecule has 0 aliphatic rings. The molecule has 0 radical (unpaired) electrons. The van der Waals surface area contributed by atoms with Gasteiger partial charge in [0.05, 0.1) is 24.9 Å². The standard InChI is InChI=1S/C25H21F2N7O3/c1-14-28-7-6-22(30-14)31-24-21(36)12-29-25(32-24)23-16-4-2-3-5-20(16)34(33-23)13-17-18(26)10-15(11-19(17)27)37-9-8-35/h2-7,10-12,35-36H,8-9,13H2,1H3,(H,28,29,30,31,32). The van der Waals surface area contributed by atoms with Crippen molar-refractivity contribution >= 4 is 22.5 Å². The topological polar surface area (TPSA) is 131 Å². The summed E-state index contributed by atoms with van der Waals surface area (Å²) in [6, 6.07) is 10.9. The summed E-state index contributed by atoms with van der Waals surface area (Å²) in [6.07, 6.45) is 2.81. The van der Waals surface area contributed by atoms with Gasteiger partial charge in [-0.05, 0) is 19.1 Å². The summed E-state index contributed by atoms with van der Waals surface area (Å²) in [5, 5.41) is 27.3. The van der Waals surface area contributed by atoms with Crippen LogP contribution in [0.25, 0.3) is 22.4 Å². The second kappa shape index (κ2) is 10.1. The average Bonchev–Trinajstić information content (AvgIpc) is 3.25. The molecule has 10 nitrogen and oxygen atoms in total. The number of nitrogens with zero attached hydrogens (tertiary/aromatic N) is 6. The molecular weight excluding hydrogens is 484 g/mol. The van der Waals surface area contributed by atoms with E-state index in [1.54, 1.807) is 43.5 Å². The van der Waals surface area contributed by atoms with Crippen LogP contribution in [0.4, 0.5) is 20.4 Å². The number of hydrogen-bond donors (Lipinski definition) is 3. The van der Waals surface area contributed by atoms with Crippen molar-refractivity contribution in [3.63, 3.8) is 0 Å². The number of halogens is 2. The Morgan fingerprint density at radius 3 is 2.59 bits per heavy atom. The van der Waals surface area contributed by atoms with E-state index in [1.807, 2.05) is 0 Å². The van der Waals surface area contributed by atoms with Crippen LogP contribution >= 0.6 is 0 Å². The van der Waals surface area contributed by atoms with E-state index in [0.29, 0.717) is 28.2 Å². The predicted molar refractivity (Wildman–Crippen MR) is 131 cm³/mol. The molecule has 0 amide bonds. The van der Waals surface area contributed by atoms with Crippen LogP contribution in [0.5, 0.6) is 11.5 Å². The maximum absolute atomic E-state index is 14.8. The zero-order valence-corrected chi connectivity index (χ0v) is 19.6. The molecule has 0 saturated carbocycles. The second-order valence-corrected chi connectivity index (χ2v) is 8.00. The molecule has 3 heterocycles. The van der Waals surface area contributed by atoms with E-state index in [-0.39, 0.29) is 48.5 Å². The molecule has 0 unspecified atom stereocenters. The number of benzene rings is 2. The highest BCUT2D eigenvalue weighted by molar-refractivity contribution is 5.92. The van der Waals surface area contributed by atoms with E-state index in [4.69, 9.17) is 9.84 Å². The molecule has 0 spiro atoms. The third-order valence-electron chi connectivity index (χ3n) is 5.44. The number of hydrogen-bond acceptors (Lipinski definition) is 9. The minimum Gasteiger partial charge on any atom is -0.503 e. The molecule has 0 aliphatic carbocycles. The zero-order chi connectivity index (χ0) is 25.9. The molecule has 3 aromatic heterocycles. The van der Waals surface area contributed by atoms with E-state index < -0.39 is 11.6 Å². The summed E-state index contributed by atoms with van der Waals surface area (Å²) in [6.45, 7) is 1.17. The summed E-state index contributed by atoms with van der Waals surface area (Å²) < 4.78 is 36.2. The Kier molecular flexibility index (Phi) is 6.56. The van der Waals surface area contributed by atoms with E-state index >= 15 is 0 Å². The lowest BCUT2D eigenvalue weighted by Gasteiger charge is -2.10. The van der Waals surface area contributed by atoms with E-state index in [9.17, 15) is 13.9 Å². The van der Waals surface area contributed by atoms with Crippen LogP contribution < -0.4 is 10.1 Å². The first-order chi connectivity index (χ1) is 17.9. The minimum atomic E-state index is -0.804. The number of aryl methyl sites for hydroxylation is 1. The number of rotatable bonds is 8. The maximum atomic E-state index is 14.8. The van der Waals surface area contributed by atoms with Gasteiger partial charge in [-0.15, -0.1) is 0 Å². The molecule has 2 aromatic carbocycles. The fraction of sp³-hybridized carbons (Fsp3) is 0.160. The second-order valence-electron chi connectivity index (χ2n) is 8.00. The number of fused-ring (bicyclic) bond motifs is 1. The van der Waals surface area contributed by atoms with Gasteiger partial charge in [0.1, 0.15) is 41.3 Å². The number of anilines is 2. The van der Waals surface area contributed by atoms with Gasteiger partial charge in [-0.25, -0.2) is 28.7 Å². The van der Waals surface area contributed by atoms with Crippen molar-refractivity contribution in [2.75, 3.05) is 18.5 Å². The number of aliphatic hydroxyl groups is 1. The first-order valence-corrected chi connectivity index (χ1v) is 11.2. The van der Waals surface area contributed by atoms with Gasteiger partial charge < -0.3 is 20.3 Å². The Morgan fingerprint density at radius 2 is 1.84 bits per heavy atom.